The van der Waals surface area contributed by atoms with Crippen LogP contribution in [0.3, 0.4) is 0 Å². The number of aromatic nitrogens is 3. The van der Waals surface area contributed by atoms with Crippen molar-refractivity contribution in [2.24, 2.45) is 0 Å². The first-order valence-electron chi connectivity index (χ1n) is 9.95. The van der Waals surface area contributed by atoms with Crippen molar-refractivity contribution >= 4 is 40.9 Å². The summed E-state index contributed by atoms with van der Waals surface area (Å²) in [5, 5.41) is 21.0. The molecule has 0 fully saturated rings. The number of carboxylic acid groups (broad SMARTS) is 1. The van der Waals surface area contributed by atoms with Crippen LogP contribution in [0, 0.1) is 0 Å². The highest BCUT2D eigenvalue weighted by Crippen LogP contribution is 2.30. The lowest BCUT2D eigenvalue weighted by Crippen LogP contribution is -2.23. The molecule has 1 heterocycles. The van der Waals surface area contributed by atoms with Gasteiger partial charge in [-0.05, 0) is 51.1 Å². The van der Waals surface area contributed by atoms with Crippen molar-refractivity contribution in [2.45, 2.75) is 43.8 Å². The van der Waals surface area contributed by atoms with Gasteiger partial charge in [-0.1, -0.05) is 41.6 Å². The van der Waals surface area contributed by atoms with Crippen molar-refractivity contribution in [3.63, 3.8) is 0 Å². The van der Waals surface area contributed by atoms with Gasteiger partial charge in [0.1, 0.15) is 5.75 Å². The topological polar surface area (TPSA) is 106 Å². The Kier molecular flexibility index (Phi) is 7.76. The van der Waals surface area contributed by atoms with Gasteiger partial charge in [0.05, 0.1) is 15.8 Å². The summed E-state index contributed by atoms with van der Waals surface area (Å²) in [6.07, 6.45) is -0.403. The Morgan fingerprint density at radius 2 is 1.94 bits per heavy atom. The van der Waals surface area contributed by atoms with Gasteiger partial charge in [0.2, 0.25) is 5.91 Å². The second-order valence-corrected chi connectivity index (χ2v) is 8.63. The molecule has 0 aliphatic carbocycles. The number of anilines is 1. The Morgan fingerprint density at radius 3 is 2.62 bits per heavy atom. The third kappa shape index (κ3) is 5.60. The predicted octanol–water partition coefficient (Wildman–Crippen LogP) is 4.91. The van der Waals surface area contributed by atoms with Gasteiger partial charge in [-0.2, -0.15) is 0 Å². The Morgan fingerprint density at radius 1 is 1.19 bits per heavy atom. The standard InChI is InChI=1S/C22H23ClN4O4S/c1-4-27-19(13(2)31-18-11-6-5-10-17(18)23)25-26-22(27)32-14(3)20(28)24-16-9-7-8-15(12-16)21(29)30/h5-14H,4H2,1-3H3,(H,24,28)(H,29,30). The van der Waals surface area contributed by atoms with E-state index in [1.54, 1.807) is 31.2 Å². The highest BCUT2D eigenvalue weighted by molar-refractivity contribution is 8.00. The van der Waals surface area contributed by atoms with Crippen LogP contribution in [-0.4, -0.2) is 37.0 Å². The Hall–Kier alpha value is -3.04. The Balaban J connectivity index is 1.70. The molecule has 0 radical (unpaired) electrons. The minimum atomic E-state index is -1.06. The zero-order valence-corrected chi connectivity index (χ0v) is 19.4. The number of hydrogen-bond donors (Lipinski definition) is 2. The zero-order valence-electron chi connectivity index (χ0n) is 17.8. The number of carboxylic acids is 1. The second-order valence-electron chi connectivity index (χ2n) is 6.91. The molecule has 0 saturated heterocycles. The number of benzene rings is 2. The molecule has 2 N–H and O–H groups in total. The average molecular weight is 475 g/mol. The number of amides is 1. The normalized spacial score (nSPS) is 12.8. The zero-order chi connectivity index (χ0) is 23.3. The lowest BCUT2D eigenvalue weighted by atomic mass is 10.2. The van der Waals surface area contributed by atoms with E-state index in [0.717, 1.165) is 0 Å². The van der Waals surface area contributed by atoms with E-state index in [1.165, 1.54) is 23.9 Å². The molecule has 0 aliphatic rings. The third-order valence-corrected chi connectivity index (χ3v) is 5.99. The number of nitrogens with one attached hydrogen (secondary N) is 1. The summed E-state index contributed by atoms with van der Waals surface area (Å²) >= 11 is 7.44. The van der Waals surface area contributed by atoms with Gasteiger partial charge in [-0.15, -0.1) is 10.2 Å². The van der Waals surface area contributed by atoms with Crippen LogP contribution in [0.5, 0.6) is 5.75 Å². The monoisotopic (exact) mass is 474 g/mol. The molecule has 0 saturated carbocycles. The van der Waals surface area contributed by atoms with Gasteiger partial charge in [0.25, 0.3) is 0 Å². The van der Waals surface area contributed by atoms with Crippen LogP contribution in [-0.2, 0) is 11.3 Å². The van der Waals surface area contributed by atoms with Crippen molar-refractivity contribution < 1.29 is 19.4 Å². The van der Waals surface area contributed by atoms with E-state index in [2.05, 4.69) is 15.5 Å². The van der Waals surface area contributed by atoms with Gasteiger partial charge in [-0.3, -0.25) is 4.79 Å². The highest BCUT2D eigenvalue weighted by atomic mass is 35.5. The SMILES string of the molecule is CCn1c(SC(C)C(=O)Nc2cccc(C(=O)O)c2)nnc1C(C)Oc1ccccc1Cl. The molecule has 3 aromatic rings. The second kappa shape index (κ2) is 10.5. The minimum Gasteiger partial charge on any atom is -0.481 e. The molecule has 0 aliphatic heterocycles. The Bertz CT molecular complexity index is 1120. The first kappa shape index (κ1) is 23.6. The van der Waals surface area contributed by atoms with E-state index < -0.39 is 17.3 Å². The van der Waals surface area contributed by atoms with Crippen LogP contribution in [0.15, 0.2) is 53.7 Å². The molecule has 2 unspecified atom stereocenters. The number of rotatable bonds is 9. The number of carbonyl (C=O) groups excluding carboxylic acids is 1. The third-order valence-electron chi connectivity index (χ3n) is 4.59. The first-order chi connectivity index (χ1) is 15.3. The molecule has 2 aromatic carbocycles. The molecule has 1 amide bonds. The van der Waals surface area contributed by atoms with E-state index in [0.29, 0.717) is 34.0 Å². The fraction of sp³-hybridized carbons (Fsp3) is 0.273. The van der Waals surface area contributed by atoms with Crippen molar-refractivity contribution in [3.8, 4) is 5.75 Å². The van der Waals surface area contributed by atoms with Gasteiger partial charge in [0.15, 0.2) is 17.1 Å². The van der Waals surface area contributed by atoms with Gasteiger partial charge < -0.3 is 19.7 Å². The maximum absolute atomic E-state index is 12.6. The summed E-state index contributed by atoms with van der Waals surface area (Å²) < 4.78 is 7.85. The van der Waals surface area contributed by atoms with Gasteiger partial charge >= 0.3 is 5.97 Å². The van der Waals surface area contributed by atoms with Crippen molar-refractivity contribution in [3.05, 3.63) is 64.9 Å². The number of nitrogens with zero attached hydrogens (tertiary/aromatic N) is 3. The fourth-order valence-corrected chi connectivity index (χ4v) is 4.05. The summed E-state index contributed by atoms with van der Waals surface area (Å²) in [5.41, 5.74) is 0.521. The number of thioether (sulfide) groups is 1. The summed E-state index contributed by atoms with van der Waals surface area (Å²) in [7, 11) is 0. The molecule has 0 spiro atoms. The molecule has 1 aromatic heterocycles. The molecule has 2 atom stereocenters. The van der Waals surface area contributed by atoms with Crippen molar-refractivity contribution in [2.75, 3.05) is 5.32 Å². The lowest BCUT2D eigenvalue weighted by Gasteiger charge is -2.17. The van der Waals surface area contributed by atoms with Crippen LogP contribution >= 0.6 is 23.4 Å². The predicted molar refractivity (Wildman–Crippen MR) is 124 cm³/mol. The summed E-state index contributed by atoms with van der Waals surface area (Å²) in [5.74, 6) is -0.153. The number of para-hydroxylation sites is 1. The van der Waals surface area contributed by atoms with Crippen molar-refractivity contribution in [1.29, 1.82) is 0 Å². The van der Waals surface area contributed by atoms with Crippen LogP contribution in [0.2, 0.25) is 5.02 Å². The van der Waals surface area contributed by atoms with Crippen molar-refractivity contribution in [1.82, 2.24) is 14.8 Å². The highest BCUT2D eigenvalue weighted by Gasteiger charge is 2.23. The summed E-state index contributed by atoms with van der Waals surface area (Å²) in [6.45, 7) is 6.16. The first-order valence-corrected chi connectivity index (χ1v) is 11.2. The van der Waals surface area contributed by atoms with E-state index in [1.807, 2.05) is 30.5 Å². The number of hydrogen-bond acceptors (Lipinski definition) is 6. The van der Waals surface area contributed by atoms with Gasteiger partial charge in [-0.25, -0.2) is 4.79 Å². The number of aromatic carboxylic acids is 1. The average Bonchev–Trinajstić information content (AvgIpc) is 3.18. The van der Waals surface area contributed by atoms with Crippen LogP contribution in [0.1, 0.15) is 43.1 Å². The smallest absolute Gasteiger partial charge is 0.335 e. The number of ether oxygens (including phenoxy) is 1. The fourth-order valence-electron chi connectivity index (χ4n) is 2.95. The quantitative estimate of drug-likeness (QED) is 0.424. The molecule has 32 heavy (non-hydrogen) atoms. The maximum Gasteiger partial charge on any atom is 0.335 e. The molecule has 3 rings (SSSR count). The van der Waals surface area contributed by atoms with E-state index in [9.17, 15) is 9.59 Å². The molecule has 8 nitrogen and oxygen atoms in total. The minimum absolute atomic E-state index is 0.103. The Labute approximate surface area is 194 Å². The lowest BCUT2D eigenvalue weighted by molar-refractivity contribution is -0.115. The molecule has 0 bridgehead atoms. The van der Waals surface area contributed by atoms with Crippen LogP contribution < -0.4 is 10.1 Å². The molecule has 10 heteroatoms. The molecular weight excluding hydrogens is 452 g/mol. The number of carbonyl (C=O) groups is 2. The number of halogens is 1. The molecular formula is C22H23ClN4O4S. The largest absolute Gasteiger partial charge is 0.481 e. The summed E-state index contributed by atoms with van der Waals surface area (Å²) in [6, 6.07) is 13.3. The van der Waals surface area contributed by atoms with Crippen LogP contribution in [0.4, 0.5) is 5.69 Å². The maximum atomic E-state index is 12.6. The van der Waals surface area contributed by atoms with E-state index in [-0.39, 0.29) is 11.5 Å². The van der Waals surface area contributed by atoms with E-state index in [4.69, 9.17) is 21.4 Å². The van der Waals surface area contributed by atoms with E-state index >= 15 is 0 Å². The molecule has 168 valence electrons. The van der Waals surface area contributed by atoms with Gasteiger partial charge in [0, 0.05) is 12.2 Å². The van der Waals surface area contributed by atoms with Crippen LogP contribution in [0.25, 0.3) is 0 Å². The summed E-state index contributed by atoms with van der Waals surface area (Å²) in [4.78, 5) is 23.8.